The Morgan fingerprint density at radius 3 is 1.15 bits per heavy atom. The fourth-order valence-corrected chi connectivity index (χ4v) is 9.82. The number of hydrogen-bond donors (Lipinski definition) is 6. The van der Waals surface area contributed by atoms with E-state index in [0.29, 0.717) is 12.8 Å². The summed E-state index contributed by atoms with van der Waals surface area (Å²) in [5.41, 5.74) is 0. The fraction of sp³-hybridized carbons (Fsp3) is 0.860. The molecule has 1 aliphatic rings. The van der Waals surface area contributed by atoms with Crippen molar-refractivity contribution in [1.82, 2.24) is 0 Å². The topological polar surface area (TPSA) is 210 Å². The van der Waals surface area contributed by atoms with Crippen molar-refractivity contribution in [2.24, 2.45) is 0 Å². The molecule has 1 saturated carbocycles. The molecule has 6 N–H and O–H groups in total. The van der Waals surface area contributed by atoms with Gasteiger partial charge in [-0.1, -0.05) is 211 Å². The Labute approximate surface area is 431 Å². The van der Waals surface area contributed by atoms with Crippen LogP contribution in [0.2, 0.25) is 0 Å². The first-order chi connectivity index (χ1) is 34.4. The van der Waals surface area contributed by atoms with Gasteiger partial charge in [-0.2, -0.15) is 0 Å². The molecular formula is C57H105O13P. The maximum atomic E-state index is 12.9. The number of unbranched alkanes of at least 4 members (excludes halogenated alkanes) is 31. The molecule has 6 atom stereocenters. The number of carbonyl (C=O) groups excluding carboxylic acids is 2. The van der Waals surface area contributed by atoms with Crippen LogP contribution in [-0.2, 0) is 32.7 Å². The SMILES string of the molecule is CCCCCCC/C=C\C/C=C\CCCCCCCCCCCC(=O)OC(COC(=O)CCCCCCCCCCC/C=C\CCCCCCCCCC)COP(=O)(O)OC1C(O)C(O)C(O)C(O)C1O. The average Bonchev–Trinajstić information content (AvgIpc) is 3.35. The van der Waals surface area contributed by atoms with E-state index in [1.54, 1.807) is 0 Å². The Kier molecular flexibility index (Phi) is 44.0. The summed E-state index contributed by atoms with van der Waals surface area (Å²) >= 11 is 0. The monoisotopic (exact) mass is 1030 g/mol. The van der Waals surface area contributed by atoms with Gasteiger partial charge in [-0.25, -0.2) is 4.57 Å². The lowest BCUT2D eigenvalue weighted by Crippen LogP contribution is -2.64. The molecule has 13 nitrogen and oxygen atoms in total. The van der Waals surface area contributed by atoms with E-state index in [9.17, 15) is 44.6 Å². The minimum atomic E-state index is -5.13. The van der Waals surface area contributed by atoms with Crippen molar-refractivity contribution < 1.29 is 63.1 Å². The number of aliphatic hydroxyl groups is 5. The normalized spacial score (nSPS) is 20.8. The molecule has 14 heteroatoms. The van der Waals surface area contributed by atoms with E-state index in [-0.39, 0.29) is 12.8 Å². The first-order valence-corrected chi connectivity index (χ1v) is 30.3. The number of phosphoric acid groups is 1. The van der Waals surface area contributed by atoms with E-state index in [2.05, 4.69) is 50.3 Å². The van der Waals surface area contributed by atoms with E-state index in [1.165, 1.54) is 154 Å². The molecule has 0 heterocycles. The molecule has 0 radical (unpaired) electrons. The minimum absolute atomic E-state index is 0.0927. The third-order valence-electron chi connectivity index (χ3n) is 13.5. The summed E-state index contributed by atoms with van der Waals surface area (Å²) in [7, 11) is -5.13. The Balaban J connectivity index is 2.34. The standard InChI is InChI=1S/C57H105O13P/c1-3-5-7-9-11-13-15-17-19-21-23-25-27-29-31-33-35-37-39-41-43-45-50(58)67-47-49(48-68-71(65,66)70-57-55(63)53(61)52(60)54(62)56(57)64)69-51(59)46-44-42-40-38-36-34-32-30-28-26-24-22-20-18-16-14-12-10-8-6-4-2/h16,18,21-24,49,52-57,60-64H,3-15,17,19-20,25-48H2,1-2H3,(H,65,66)/b18-16-,23-21-,24-22-. The third kappa shape index (κ3) is 38.3. The van der Waals surface area contributed by atoms with Crippen molar-refractivity contribution in [3.8, 4) is 0 Å². The molecule has 0 aromatic rings. The fourth-order valence-electron chi connectivity index (χ4n) is 8.84. The predicted octanol–water partition coefficient (Wildman–Crippen LogP) is 13.3. The summed E-state index contributed by atoms with van der Waals surface area (Å²) in [5.74, 6) is -1.10. The molecule has 0 aromatic heterocycles. The van der Waals surface area contributed by atoms with Crippen molar-refractivity contribution in [2.75, 3.05) is 13.2 Å². The van der Waals surface area contributed by atoms with Crippen LogP contribution < -0.4 is 0 Å². The van der Waals surface area contributed by atoms with Crippen LogP contribution in [0, 0.1) is 0 Å². The Hall–Kier alpha value is -1.93. The van der Waals surface area contributed by atoms with Crippen molar-refractivity contribution >= 4 is 19.8 Å². The lowest BCUT2D eigenvalue weighted by atomic mass is 9.85. The molecule has 1 rings (SSSR count). The van der Waals surface area contributed by atoms with Gasteiger partial charge in [0.2, 0.25) is 0 Å². The lowest BCUT2D eigenvalue weighted by Gasteiger charge is -2.41. The van der Waals surface area contributed by atoms with Gasteiger partial charge >= 0.3 is 19.8 Å². The van der Waals surface area contributed by atoms with Gasteiger partial charge in [0.05, 0.1) is 6.61 Å². The number of carbonyl (C=O) groups is 2. The van der Waals surface area contributed by atoms with Gasteiger partial charge in [0.15, 0.2) is 6.10 Å². The summed E-state index contributed by atoms with van der Waals surface area (Å²) in [4.78, 5) is 36.0. The van der Waals surface area contributed by atoms with Gasteiger partial charge in [0.1, 0.15) is 43.2 Å². The van der Waals surface area contributed by atoms with Gasteiger partial charge in [0.25, 0.3) is 0 Å². The zero-order chi connectivity index (χ0) is 52.1. The van der Waals surface area contributed by atoms with Crippen LogP contribution in [0.4, 0.5) is 0 Å². The molecule has 71 heavy (non-hydrogen) atoms. The second-order valence-electron chi connectivity index (χ2n) is 20.1. The van der Waals surface area contributed by atoms with Crippen molar-refractivity contribution in [3.05, 3.63) is 36.5 Å². The zero-order valence-corrected chi connectivity index (χ0v) is 45.7. The van der Waals surface area contributed by atoms with Crippen molar-refractivity contribution in [2.45, 2.75) is 301 Å². The highest BCUT2D eigenvalue weighted by Gasteiger charge is 2.51. The Morgan fingerprint density at radius 2 is 0.761 bits per heavy atom. The summed E-state index contributed by atoms with van der Waals surface area (Å²) in [6, 6.07) is 0. The van der Waals surface area contributed by atoms with Crippen LogP contribution in [0.15, 0.2) is 36.5 Å². The van der Waals surface area contributed by atoms with E-state index >= 15 is 0 Å². The highest BCUT2D eigenvalue weighted by Crippen LogP contribution is 2.47. The van der Waals surface area contributed by atoms with Gasteiger partial charge in [-0.3, -0.25) is 18.6 Å². The largest absolute Gasteiger partial charge is 0.472 e. The van der Waals surface area contributed by atoms with Gasteiger partial charge in [0, 0.05) is 12.8 Å². The highest BCUT2D eigenvalue weighted by atomic mass is 31.2. The Bertz CT molecular complexity index is 1380. The predicted molar refractivity (Wildman–Crippen MR) is 286 cm³/mol. The molecule has 0 aliphatic heterocycles. The smallest absolute Gasteiger partial charge is 0.462 e. The number of allylic oxidation sites excluding steroid dienone is 6. The third-order valence-corrected chi connectivity index (χ3v) is 14.4. The van der Waals surface area contributed by atoms with Crippen LogP contribution in [-0.4, -0.2) is 98.3 Å². The first kappa shape index (κ1) is 67.1. The summed E-state index contributed by atoms with van der Waals surface area (Å²) in [6.07, 6.45) is 43.3. The number of esters is 2. The average molecular weight is 1030 g/mol. The highest BCUT2D eigenvalue weighted by molar-refractivity contribution is 7.47. The molecule has 0 spiro atoms. The molecule has 1 aliphatic carbocycles. The van der Waals surface area contributed by atoms with Gasteiger partial charge in [-0.15, -0.1) is 0 Å². The second kappa shape index (κ2) is 46.6. The lowest BCUT2D eigenvalue weighted by molar-refractivity contribution is -0.220. The van der Waals surface area contributed by atoms with Crippen molar-refractivity contribution in [3.63, 3.8) is 0 Å². The molecule has 0 bridgehead atoms. The number of phosphoric ester groups is 1. The number of hydrogen-bond acceptors (Lipinski definition) is 12. The van der Waals surface area contributed by atoms with Gasteiger partial charge in [-0.05, 0) is 70.6 Å². The molecule has 1 fully saturated rings. The van der Waals surface area contributed by atoms with Crippen LogP contribution in [0.25, 0.3) is 0 Å². The molecule has 416 valence electrons. The Morgan fingerprint density at radius 1 is 0.437 bits per heavy atom. The number of aliphatic hydroxyl groups excluding tert-OH is 5. The summed E-state index contributed by atoms with van der Waals surface area (Å²) in [6.45, 7) is 3.33. The summed E-state index contributed by atoms with van der Waals surface area (Å²) in [5, 5.41) is 50.4. The van der Waals surface area contributed by atoms with Crippen molar-refractivity contribution in [1.29, 1.82) is 0 Å². The quantitative estimate of drug-likeness (QED) is 0.0145. The minimum Gasteiger partial charge on any atom is -0.462 e. The van der Waals surface area contributed by atoms with E-state index < -0.39 is 75.7 Å². The van der Waals surface area contributed by atoms with E-state index in [4.69, 9.17) is 18.5 Å². The maximum absolute atomic E-state index is 12.9. The van der Waals surface area contributed by atoms with Crippen LogP contribution in [0.3, 0.4) is 0 Å². The zero-order valence-electron chi connectivity index (χ0n) is 44.8. The van der Waals surface area contributed by atoms with E-state index in [1.807, 2.05) is 0 Å². The molecule has 0 aromatic carbocycles. The molecule has 6 unspecified atom stereocenters. The second-order valence-corrected chi connectivity index (χ2v) is 21.5. The number of ether oxygens (including phenoxy) is 2. The maximum Gasteiger partial charge on any atom is 0.472 e. The molecule has 0 saturated heterocycles. The van der Waals surface area contributed by atoms with E-state index in [0.717, 1.165) is 64.2 Å². The first-order valence-electron chi connectivity index (χ1n) is 28.8. The van der Waals surface area contributed by atoms with Crippen LogP contribution in [0.5, 0.6) is 0 Å². The number of rotatable bonds is 49. The molecule has 0 amide bonds. The van der Waals surface area contributed by atoms with Crippen LogP contribution >= 0.6 is 7.82 Å². The van der Waals surface area contributed by atoms with Crippen LogP contribution in [0.1, 0.15) is 258 Å². The summed E-state index contributed by atoms with van der Waals surface area (Å²) < 4.78 is 33.8. The van der Waals surface area contributed by atoms with Gasteiger partial charge < -0.3 is 39.9 Å². The molecular weight excluding hydrogens is 924 g/mol.